The normalized spacial score (nSPS) is 17.3. The van der Waals surface area contributed by atoms with Gasteiger partial charge in [-0.15, -0.1) is 11.3 Å². The molecule has 1 aliphatic heterocycles. The van der Waals surface area contributed by atoms with Crippen LogP contribution in [0.5, 0.6) is 11.5 Å². The third-order valence-corrected chi connectivity index (χ3v) is 4.41. The molecule has 1 aliphatic rings. The standard InChI is InChI=1S/C13H12BrNO2S/c14-13-4-2-9(18-13)6-16-8-1-3-10-11(15)7-17-12(10)5-8/h1-5,11H,6-7,15H2. The van der Waals surface area contributed by atoms with E-state index in [1.807, 2.05) is 24.3 Å². The molecule has 0 bridgehead atoms. The van der Waals surface area contributed by atoms with Crippen molar-refractivity contribution in [3.63, 3.8) is 0 Å². The first-order chi connectivity index (χ1) is 8.72. The van der Waals surface area contributed by atoms with Crippen molar-refractivity contribution in [2.75, 3.05) is 6.61 Å². The molecule has 1 aromatic heterocycles. The molecule has 0 amide bonds. The van der Waals surface area contributed by atoms with Crippen molar-refractivity contribution < 1.29 is 9.47 Å². The monoisotopic (exact) mass is 325 g/mol. The molecule has 1 aromatic carbocycles. The van der Waals surface area contributed by atoms with E-state index in [0.29, 0.717) is 13.2 Å². The van der Waals surface area contributed by atoms with E-state index in [-0.39, 0.29) is 6.04 Å². The minimum Gasteiger partial charge on any atom is -0.491 e. The van der Waals surface area contributed by atoms with Gasteiger partial charge in [0, 0.05) is 16.5 Å². The maximum Gasteiger partial charge on any atom is 0.127 e. The third kappa shape index (κ3) is 2.39. The quantitative estimate of drug-likeness (QED) is 0.939. The van der Waals surface area contributed by atoms with Crippen molar-refractivity contribution in [2.24, 2.45) is 5.73 Å². The van der Waals surface area contributed by atoms with Crippen LogP contribution in [0.2, 0.25) is 0 Å². The lowest BCUT2D eigenvalue weighted by molar-refractivity contribution is 0.304. The summed E-state index contributed by atoms with van der Waals surface area (Å²) in [7, 11) is 0. The molecule has 1 unspecified atom stereocenters. The van der Waals surface area contributed by atoms with Crippen LogP contribution in [0, 0.1) is 0 Å². The topological polar surface area (TPSA) is 44.5 Å². The maximum atomic E-state index is 5.89. The Bertz CT molecular complexity index is 570. The van der Waals surface area contributed by atoms with E-state index < -0.39 is 0 Å². The van der Waals surface area contributed by atoms with E-state index in [0.717, 1.165) is 20.8 Å². The highest BCUT2D eigenvalue weighted by Gasteiger charge is 2.20. The number of fused-ring (bicyclic) bond motifs is 1. The third-order valence-electron chi connectivity index (χ3n) is 2.81. The Morgan fingerprint density at radius 2 is 2.28 bits per heavy atom. The SMILES string of the molecule is NC1COc2cc(OCc3ccc(Br)s3)ccc21. The molecule has 18 heavy (non-hydrogen) atoms. The van der Waals surface area contributed by atoms with E-state index in [2.05, 4.69) is 22.0 Å². The van der Waals surface area contributed by atoms with Crippen LogP contribution in [0.1, 0.15) is 16.5 Å². The summed E-state index contributed by atoms with van der Waals surface area (Å²) in [5.41, 5.74) is 6.95. The Balaban J connectivity index is 1.70. The summed E-state index contributed by atoms with van der Waals surface area (Å²) >= 11 is 5.11. The van der Waals surface area contributed by atoms with E-state index >= 15 is 0 Å². The molecule has 0 spiro atoms. The molecule has 1 atom stereocenters. The molecule has 3 nitrogen and oxygen atoms in total. The molecule has 94 valence electrons. The lowest BCUT2D eigenvalue weighted by Crippen LogP contribution is -2.10. The number of halogens is 1. The van der Waals surface area contributed by atoms with Crippen molar-refractivity contribution in [1.82, 2.24) is 0 Å². The average molecular weight is 326 g/mol. The van der Waals surface area contributed by atoms with Crippen LogP contribution in [-0.2, 0) is 6.61 Å². The molecular formula is C13H12BrNO2S. The Morgan fingerprint density at radius 3 is 3.06 bits per heavy atom. The summed E-state index contributed by atoms with van der Waals surface area (Å²) in [5, 5.41) is 0. The van der Waals surface area contributed by atoms with Gasteiger partial charge in [-0.1, -0.05) is 0 Å². The van der Waals surface area contributed by atoms with Gasteiger partial charge in [0.1, 0.15) is 24.7 Å². The highest BCUT2D eigenvalue weighted by Crippen LogP contribution is 2.34. The molecule has 0 saturated heterocycles. The molecule has 0 fully saturated rings. The second-order valence-corrected chi connectivity index (χ2v) is 6.66. The van der Waals surface area contributed by atoms with E-state index in [9.17, 15) is 0 Å². The maximum absolute atomic E-state index is 5.89. The lowest BCUT2D eigenvalue weighted by atomic mass is 10.1. The number of hydrogen-bond donors (Lipinski definition) is 1. The van der Waals surface area contributed by atoms with Crippen molar-refractivity contribution in [1.29, 1.82) is 0 Å². The molecule has 2 heterocycles. The summed E-state index contributed by atoms with van der Waals surface area (Å²) in [4.78, 5) is 1.18. The number of benzene rings is 1. The van der Waals surface area contributed by atoms with Gasteiger partial charge < -0.3 is 15.2 Å². The minimum absolute atomic E-state index is 0.0118. The van der Waals surface area contributed by atoms with Crippen molar-refractivity contribution in [3.8, 4) is 11.5 Å². The summed E-state index contributed by atoms with van der Waals surface area (Å²) in [6.07, 6.45) is 0. The summed E-state index contributed by atoms with van der Waals surface area (Å²) in [6, 6.07) is 9.89. The summed E-state index contributed by atoms with van der Waals surface area (Å²) in [5.74, 6) is 1.65. The fourth-order valence-electron chi connectivity index (χ4n) is 1.89. The smallest absolute Gasteiger partial charge is 0.127 e. The molecule has 3 rings (SSSR count). The highest BCUT2D eigenvalue weighted by molar-refractivity contribution is 9.11. The first-order valence-electron chi connectivity index (χ1n) is 5.62. The average Bonchev–Trinajstić information content (AvgIpc) is 2.94. The van der Waals surface area contributed by atoms with Gasteiger partial charge in [-0.3, -0.25) is 0 Å². The fraction of sp³-hybridized carbons (Fsp3) is 0.231. The molecule has 2 aromatic rings. The predicted octanol–water partition coefficient (Wildman–Crippen LogP) is 3.48. The number of rotatable bonds is 3. The van der Waals surface area contributed by atoms with Crippen molar-refractivity contribution in [3.05, 3.63) is 44.6 Å². The Hall–Kier alpha value is -1.04. The largest absolute Gasteiger partial charge is 0.491 e. The number of nitrogens with two attached hydrogens (primary N) is 1. The Morgan fingerprint density at radius 1 is 1.39 bits per heavy atom. The minimum atomic E-state index is -0.0118. The van der Waals surface area contributed by atoms with Gasteiger partial charge in [0.2, 0.25) is 0 Å². The zero-order valence-corrected chi connectivity index (χ0v) is 12.0. The fourth-order valence-corrected chi connectivity index (χ4v) is 3.29. The first-order valence-corrected chi connectivity index (χ1v) is 7.22. The summed E-state index contributed by atoms with van der Waals surface area (Å²) < 4.78 is 12.3. The zero-order valence-electron chi connectivity index (χ0n) is 9.56. The van der Waals surface area contributed by atoms with E-state index in [1.165, 1.54) is 4.88 Å². The van der Waals surface area contributed by atoms with Gasteiger partial charge in [0.05, 0.1) is 9.83 Å². The van der Waals surface area contributed by atoms with Crippen LogP contribution in [0.3, 0.4) is 0 Å². The van der Waals surface area contributed by atoms with Gasteiger partial charge in [0.15, 0.2) is 0 Å². The predicted molar refractivity (Wildman–Crippen MR) is 75.2 cm³/mol. The van der Waals surface area contributed by atoms with Crippen molar-refractivity contribution in [2.45, 2.75) is 12.6 Å². The van der Waals surface area contributed by atoms with Crippen LogP contribution in [0.15, 0.2) is 34.1 Å². The number of thiophene rings is 1. The van der Waals surface area contributed by atoms with Gasteiger partial charge >= 0.3 is 0 Å². The molecule has 0 saturated carbocycles. The Kier molecular flexibility index (Phi) is 3.28. The van der Waals surface area contributed by atoms with Gasteiger partial charge in [-0.2, -0.15) is 0 Å². The molecule has 0 radical (unpaired) electrons. The lowest BCUT2D eigenvalue weighted by Gasteiger charge is -2.06. The van der Waals surface area contributed by atoms with E-state index in [4.69, 9.17) is 15.2 Å². The van der Waals surface area contributed by atoms with Crippen LogP contribution < -0.4 is 15.2 Å². The molecule has 5 heteroatoms. The second-order valence-electron chi connectivity index (χ2n) is 4.11. The van der Waals surface area contributed by atoms with Crippen LogP contribution in [-0.4, -0.2) is 6.61 Å². The Labute approximate surface area is 118 Å². The van der Waals surface area contributed by atoms with Crippen LogP contribution in [0.4, 0.5) is 0 Å². The number of ether oxygens (including phenoxy) is 2. The van der Waals surface area contributed by atoms with Gasteiger partial charge in [-0.05, 0) is 40.2 Å². The van der Waals surface area contributed by atoms with Crippen molar-refractivity contribution >= 4 is 27.3 Å². The van der Waals surface area contributed by atoms with Crippen LogP contribution in [0.25, 0.3) is 0 Å². The summed E-state index contributed by atoms with van der Waals surface area (Å²) in [6.45, 7) is 1.12. The zero-order chi connectivity index (χ0) is 12.5. The second kappa shape index (κ2) is 4.91. The van der Waals surface area contributed by atoms with E-state index in [1.54, 1.807) is 11.3 Å². The highest BCUT2D eigenvalue weighted by atomic mass is 79.9. The molecule has 0 aliphatic carbocycles. The number of hydrogen-bond acceptors (Lipinski definition) is 4. The van der Waals surface area contributed by atoms with Gasteiger partial charge in [-0.25, -0.2) is 0 Å². The van der Waals surface area contributed by atoms with Crippen LogP contribution >= 0.6 is 27.3 Å². The molecule has 2 N–H and O–H groups in total. The molecular weight excluding hydrogens is 314 g/mol. The van der Waals surface area contributed by atoms with Gasteiger partial charge in [0.25, 0.3) is 0 Å². The first kappa shape index (κ1) is 12.0.